The molecular weight excluding hydrogens is 466 g/mol. The summed E-state index contributed by atoms with van der Waals surface area (Å²) in [6, 6.07) is -0.967. The Morgan fingerprint density at radius 3 is 2.47 bits per heavy atom. The molecule has 0 heterocycles. The van der Waals surface area contributed by atoms with Gasteiger partial charge in [0.2, 0.25) is 0 Å². The highest BCUT2D eigenvalue weighted by Gasteiger charge is 2.83. The van der Waals surface area contributed by atoms with E-state index in [0.717, 1.165) is 12.8 Å². The summed E-state index contributed by atoms with van der Waals surface area (Å²) in [4.78, 5) is 24.9. The zero-order valence-electron chi connectivity index (χ0n) is 21.9. The molecule has 1 unspecified atom stereocenters. The molecule has 9 nitrogen and oxygen atoms in total. The van der Waals surface area contributed by atoms with E-state index >= 15 is 0 Å². The average Bonchev–Trinajstić information content (AvgIpc) is 3.18. The minimum absolute atomic E-state index is 0.104. The number of esters is 2. The van der Waals surface area contributed by atoms with Gasteiger partial charge in [0.1, 0.15) is 17.3 Å². The molecule has 0 amide bonds. The third-order valence-electron chi connectivity index (χ3n) is 9.55. The van der Waals surface area contributed by atoms with Gasteiger partial charge in [-0.15, -0.1) is 0 Å². The fourth-order valence-corrected chi connectivity index (χ4v) is 7.83. The van der Waals surface area contributed by atoms with Crippen LogP contribution in [0.2, 0.25) is 0 Å². The number of rotatable bonds is 7. The summed E-state index contributed by atoms with van der Waals surface area (Å²) in [6.45, 7) is 8.32. The van der Waals surface area contributed by atoms with E-state index in [4.69, 9.17) is 15.2 Å². The predicted octanol–water partition coefficient (Wildman–Crippen LogP) is 1.12. The normalized spacial score (nSPS) is 44.3. The van der Waals surface area contributed by atoms with Crippen LogP contribution in [0, 0.1) is 22.7 Å². The Hall–Kier alpha value is -1.78. The molecule has 36 heavy (non-hydrogen) atoms. The van der Waals surface area contributed by atoms with E-state index in [1.54, 1.807) is 19.1 Å². The second-order valence-corrected chi connectivity index (χ2v) is 11.8. The number of aliphatic hydroxyl groups is 4. The van der Waals surface area contributed by atoms with Crippen LogP contribution in [0.4, 0.5) is 0 Å². The summed E-state index contributed by atoms with van der Waals surface area (Å²) in [7, 11) is 0. The van der Waals surface area contributed by atoms with Gasteiger partial charge in [-0.2, -0.15) is 0 Å². The van der Waals surface area contributed by atoms with Gasteiger partial charge in [-0.25, -0.2) is 0 Å². The second kappa shape index (κ2) is 8.91. The van der Waals surface area contributed by atoms with Gasteiger partial charge in [0.05, 0.1) is 18.1 Å². The van der Waals surface area contributed by atoms with E-state index in [9.17, 15) is 30.0 Å². The largest absolute Gasteiger partial charge is 0.458 e. The summed E-state index contributed by atoms with van der Waals surface area (Å²) in [6.07, 6.45) is 1.69. The molecule has 4 rings (SSSR count). The maximum absolute atomic E-state index is 12.7. The van der Waals surface area contributed by atoms with E-state index in [-0.39, 0.29) is 24.3 Å². The maximum atomic E-state index is 12.7. The fraction of sp³-hybridized carbons (Fsp3) is 0.778. The van der Waals surface area contributed by atoms with Crippen LogP contribution in [0.1, 0.15) is 66.7 Å². The number of nitrogens with two attached hydrogens (primary N) is 1. The average molecular weight is 508 g/mol. The molecule has 0 aliphatic heterocycles. The molecule has 202 valence electrons. The highest BCUT2D eigenvalue weighted by atomic mass is 16.6. The Labute approximate surface area is 212 Å². The summed E-state index contributed by atoms with van der Waals surface area (Å²) in [5.41, 5.74) is 1.98. The molecule has 0 saturated heterocycles. The van der Waals surface area contributed by atoms with Crippen molar-refractivity contribution in [2.75, 3.05) is 6.61 Å². The Balaban J connectivity index is 1.85. The third kappa shape index (κ3) is 3.39. The number of unbranched alkanes of at least 4 members (excludes halogenated alkanes) is 2. The highest BCUT2D eigenvalue weighted by Crippen LogP contribution is 2.74. The predicted molar refractivity (Wildman–Crippen MR) is 130 cm³/mol. The Bertz CT molecular complexity index is 990. The van der Waals surface area contributed by atoms with Crippen molar-refractivity contribution >= 4 is 11.9 Å². The molecule has 9 heteroatoms. The van der Waals surface area contributed by atoms with Crippen LogP contribution in [-0.4, -0.2) is 74.5 Å². The number of hydrogen-bond acceptors (Lipinski definition) is 9. The van der Waals surface area contributed by atoms with E-state index in [1.807, 2.05) is 20.8 Å². The molecule has 0 radical (unpaired) electrons. The van der Waals surface area contributed by atoms with Crippen LogP contribution in [0.25, 0.3) is 0 Å². The van der Waals surface area contributed by atoms with Gasteiger partial charge in [-0.1, -0.05) is 45.8 Å². The van der Waals surface area contributed by atoms with Gasteiger partial charge >= 0.3 is 11.9 Å². The first-order chi connectivity index (χ1) is 16.8. The number of aliphatic hydroxyl groups excluding tert-OH is 3. The topological polar surface area (TPSA) is 160 Å². The molecule has 4 aliphatic carbocycles. The van der Waals surface area contributed by atoms with E-state index in [0.29, 0.717) is 12.0 Å². The maximum Gasteiger partial charge on any atom is 0.306 e. The Kier molecular flexibility index (Phi) is 6.75. The van der Waals surface area contributed by atoms with E-state index in [2.05, 4.69) is 0 Å². The molecule has 4 aliphatic rings. The highest BCUT2D eigenvalue weighted by molar-refractivity contribution is 5.70. The molecule has 0 aromatic heterocycles. The summed E-state index contributed by atoms with van der Waals surface area (Å²) < 4.78 is 11.7. The van der Waals surface area contributed by atoms with Gasteiger partial charge in [-0.05, 0) is 24.5 Å². The van der Waals surface area contributed by atoms with Gasteiger partial charge in [-0.3, -0.25) is 9.59 Å². The molecule has 6 N–H and O–H groups in total. The van der Waals surface area contributed by atoms with Crippen LogP contribution in [-0.2, 0) is 19.1 Å². The van der Waals surface area contributed by atoms with Crippen LogP contribution >= 0.6 is 0 Å². The molecule has 1 spiro atoms. The SMILES string of the molecule is CCCCCC(=O)O[C@H]1C(C)=C[C@]23C(O)[C@@H](C=C(CO)[C@@H](O)[C@]12O)[C@@H]1C(C)(C)[C@]1(OC(C)=O)C[C@H]3N. The van der Waals surface area contributed by atoms with Crippen LogP contribution < -0.4 is 5.73 Å². The lowest BCUT2D eigenvalue weighted by atomic mass is 9.60. The lowest BCUT2D eigenvalue weighted by molar-refractivity contribution is -0.218. The number of fused-ring (bicyclic) bond motifs is 3. The zero-order valence-corrected chi connectivity index (χ0v) is 21.9. The Morgan fingerprint density at radius 2 is 1.89 bits per heavy atom. The van der Waals surface area contributed by atoms with Crippen LogP contribution in [0.5, 0.6) is 0 Å². The van der Waals surface area contributed by atoms with Crippen molar-refractivity contribution in [2.24, 2.45) is 28.4 Å². The van der Waals surface area contributed by atoms with Crippen molar-refractivity contribution in [1.29, 1.82) is 0 Å². The van der Waals surface area contributed by atoms with E-state index in [1.165, 1.54) is 6.92 Å². The van der Waals surface area contributed by atoms with Gasteiger partial charge in [0, 0.05) is 43.1 Å². The van der Waals surface area contributed by atoms with Crippen molar-refractivity contribution in [2.45, 2.75) is 102 Å². The monoisotopic (exact) mass is 507 g/mol. The molecule has 0 aromatic rings. The summed E-state index contributed by atoms with van der Waals surface area (Å²) >= 11 is 0. The number of hydrogen-bond donors (Lipinski definition) is 5. The third-order valence-corrected chi connectivity index (χ3v) is 9.55. The summed E-state index contributed by atoms with van der Waals surface area (Å²) in [5.74, 6) is -2.06. The van der Waals surface area contributed by atoms with Crippen molar-refractivity contribution < 1.29 is 39.5 Å². The molecule has 2 fully saturated rings. The fourth-order valence-electron chi connectivity index (χ4n) is 7.83. The van der Waals surface area contributed by atoms with Crippen molar-refractivity contribution in [1.82, 2.24) is 0 Å². The first kappa shape index (κ1) is 27.3. The lowest BCUT2D eigenvalue weighted by Gasteiger charge is -2.51. The first-order valence-electron chi connectivity index (χ1n) is 13.0. The smallest absolute Gasteiger partial charge is 0.306 e. The Morgan fingerprint density at radius 1 is 1.22 bits per heavy atom. The molecule has 2 bridgehead atoms. The number of ether oxygens (including phenoxy) is 2. The van der Waals surface area contributed by atoms with Gasteiger partial charge in [0.15, 0.2) is 6.10 Å². The number of carbonyl (C=O) groups is 2. The quantitative estimate of drug-likeness (QED) is 0.193. The van der Waals surface area contributed by atoms with Crippen LogP contribution in [0.3, 0.4) is 0 Å². The minimum atomic E-state index is -2.24. The van der Waals surface area contributed by atoms with Gasteiger partial charge < -0.3 is 35.6 Å². The van der Waals surface area contributed by atoms with Crippen molar-refractivity contribution in [3.63, 3.8) is 0 Å². The molecular formula is C27H41NO8. The standard InChI is InChI=1S/C27H41NO8/c1-6-7-8-9-19(31)35-23-14(2)11-25-18(28)12-26(36-15(3)30)20(24(26,4)5)17(22(25)33)10-16(13-29)21(32)27(23,25)34/h10-11,17-18,20-23,29,32-34H,6-9,12-13,28H2,1-5H3/t17-,18+,20+,21+,22?,23-,25-,26-,27-/m0/s1. The second-order valence-electron chi connectivity index (χ2n) is 11.8. The van der Waals surface area contributed by atoms with E-state index < -0.39 is 70.8 Å². The molecule has 9 atom stereocenters. The van der Waals surface area contributed by atoms with Crippen molar-refractivity contribution in [3.8, 4) is 0 Å². The zero-order chi connectivity index (χ0) is 26.8. The molecule has 0 aromatic carbocycles. The first-order valence-corrected chi connectivity index (χ1v) is 13.0. The van der Waals surface area contributed by atoms with Crippen molar-refractivity contribution in [3.05, 3.63) is 23.3 Å². The minimum Gasteiger partial charge on any atom is -0.458 e. The number of carbonyl (C=O) groups excluding carboxylic acids is 2. The van der Waals surface area contributed by atoms with Crippen LogP contribution in [0.15, 0.2) is 23.3 Å². The van der Waals surface area contributed by atoms with Gasteiger partial charge in [0.25, 0.3) is 0 Å². The lowest BCUT2D eigenvalue weighted by Crippen LogP contribution is -2.70. The summed E-state index contributed by atoms with van der Waals surface area (Å²) in [5, 5.41) is 46.2. The molecule has 2 saturated carbocycles.